The maximum atomic E-state index is 12.1. The number of aromatic nitrogens is 3. The molecular formula is C21H25ClN6O3. The van der Waals surface area contributed by atoms with Crippen molar-refractivity contribution in [3.05, 3.63) is 41.8 Å². The summed E-state index contributed by atoms with van der Waals surface area (Å²) in [5, 5.41) is 8.70. The van der Waals surface area contributed by atoms with Crippen molar-refractivity contribution in [1.82, 2.24) is 19.7 Å². The third-order valence-corrected chi connectivity index (χ3v) is 4.40. The van der Waals surface area contributed by atoms with Crippen LogP contribution in [0.25, 0.3) is 17.0 Å². The Kier molecular flexibility index (Phi) is 6.96. The first-order valence-corrected chi connectivity index (χ1v) is 10.3. The van der Waals surface area contributed by atoms with Crippen LogP contribution in [0.1, 0.15) is 27.7 Å². The van der Waals surface area contributed by atoms with E-state index in [0.717, 1.165) is 0 Å². The molecule has 0 aliphatic carbocycles. The highest BCUT2D eigenvalue weighted by atomic mass is 35.5. The summed E-state index contributed by atoms with van der Waals surface area (Å²) in [5.74, 6) is 0.783. The number of carbonyl (C=O) groups is 2. The smallest absolute Gasteiger partial charge is 0.411 e. The van der Waals surface area contributed by atoms with Gasteiger partial charge >= 0.3 is 12.1 Å². The van der Waals surface area contributed by atoms with Crippen LogP contribution >= 0.6 is 11.6 Å². The van der Waals surface area contributed by atoms with Crippen LogP contribution in [0, 0.1) is 5.92 Å². The number of hydrogen-bond donors (Lipinski definition) is 3. The first-order chi connectivity index (χ1) is 14.7. The Labute approximate surface area is 185 Å². The Morgan fingerprint density at radius 3 is 2.61 bits per heavy atom. The number of carbonyl (C=O) groups excluding carboxylic acids is 2. The van der Waals surface area contributed by atoms with Crippen molar-refractivity contribution in [2.45, 2.75) is 33.8 Å². The van der Waals surface area contributed by atoms with Gasteiger partial charge in [-0.1, -0.05) is 25.4 Å². The summed E-state index contributed by atoms with van der Waals surface area (Å²) in [6.45, 7) is 8.15. The summed E-state index contributed by atoms with van der Waals surface area (Å²) in [6.07, 6.45) is 4.12. The number of urea groups is 1. The maximum Gasteiger partial charge on any atom is 0.411 e. The molecule has 3 aromatic rings. The molecule has 3 rings (SSSR count). The van der Waals surface area contributed by atoms with E-state index < -0.39 is 6.09 Å². The van der Waals surface area contributed by atoms with Gasteiger partial charge in [-0.3, -0.25) is 9.72 Å². The third-order valence-electron chi connectivity index (χ3n) is 4.07. The lowest BCUT2D eigenvalue weighted by atomic mass is 10.1. The van der Waals surface area contributed by atoms with Crippen LogP contribution in [0.2, 0.25) is 5.02 Å². The number of nitrogens with one attached hydrogen (secondary N) is 3. The zero-order valence-corrected chi connectivity index (χ0v) is 18.5. The van der Waals surface area contributed by atoms with Crippen LogP contribution in [0.3, 0.4) is 0 Å². The minimum atomic E-state index is -0.561. The number of imidazole rings is 1. The van der Waals surface area contributed by atoms with E-state index >= 15 is 0 Å². The fourth-order valence-electron chi connectivity index (χ4n) is 2.71. The number of hydrogen-bond acceptors (Lipinski definition) is 5. The molecule has 0 atom stereocenters. The van der Waals surface area contributed by atoms with Crippen LogP contribution in [-0.4, -0.2) is 39.1 Å². The molecule has 0 fully saturated rings. The first kappa shape index (κ1) is 22.4. The number of rotatable bonds is 6. The van der Waals surface area contributed by atoms with Gasteiger partial charge in [0.25, 0.3) is 0 Å². The highest BCUT2D eigenvalue weighted by Gasteiger charge is 2.13. The quantitative estimate of drug-likeness (QED) is 0.506. The molecule has 9 nitrogen and oxygen atoms in total. The molecule has 164 valence electrons. The second-order valence-electron chi connectivity index (χ2n) is 7.68. The minimum absolute atomic E-state index is 0.230. The topological polar surface area (TPSA) is 110 Å². The van der Waals surface area contributed by atoms with Crippen molar-refractivity contribution >= 4 is 40.9 Å². The van der Waals surface area contributed by atoms with Crippen LogP contribution in [0.15, 0.2) is 36.8 Å². The first-order valence-electron chi connectivity index (χ1n) is 9.88. The predicted molar refractivity (Wildman–Crippen MR) is 121 cm³/mol. The molecule has 0 spiro atoms. The van der Waals surface area contributed by atoms with Crippen LogP contribution in [0.5, 0.6) is 0 Å². The van der Waals surface area contributed by atoms with E-state index in [9.17, 15) is 9.59 Å². The lowest BCUT2D eigenvalue weighted by Crippen LogP contribution is -2.31. The van der Waals surface area contributed by atoms with Crippen molar-refractivity contribution in [1.29, 1.82) is 0 Å². The molecule has 0 saturated heterocycles. The molecule has 2 aromatic heterocycles. The fourth-order valence-corrected chi connectivity index (χ4v) is 2.93. The van der Waals surface area contributed by atoms with Gasteiger partial charge in [0, 0.05) is 30.2 Å². The monoisotopic (exact) mass is 444 g/mol. The highest BCUT2D eigenvalue weighted by molar-refractivity contribution is 6.33. The number of fused-ring (bicyclic) bond motifs is 1. The molecule has 0 aliphatic heterocycles. The molecule has 1 aromatic carbocycles. The van der Waals surface area contributed by atoms with E-state index in [2.05, 4.69) is 25.9 Å². The van der Waals surface area contributed by atoms with Crippen molar-refractivity contribution in [2.75, 3.05) is 17.2 Å². The standard InChI is InChI=1S/C21H25ClN6O3/c1-12(2)8-24-20(29)25-14-5-6-17(22)16(7-14)18-11-28-10-15(9-23-19(28)27-18)26-21(30)31-13(3)4/h5-7,9-13H,8H2,1-4H3,(H,26,30)(H2,24,25,29). The lowest BCUT2D eigenvalue weighted by Gasteiger charge is -2.10. The number of ether oxygens (including phenoxy) is 1. The van der Waals surface area contributed by atoms with Crippen LogP contribution in [-0.2, 0) is 4.74 Å². The summed E-state index contributed by atoms with van der Waals surface area (Å²) in [7, 11) is 0. The van der Waals surface area contributed by atoms with E-state index in [1.807, 2.05) is 13.8 Å². The fraction of sp³-hybridized carbons (Fsp3) is 0.333. The van der Waals surface area contributed by atoms with E-state index in [-0.39, 0.29) is 12.1 Å². The number of halogens is 1. The van der Waals surface area contributed by atoms with E-state index in [1.54, 1.807) is 48.8 Å². The van der Waals surface area contributed by atoms with Gasteiger partial charge in [0.2, 0.25) is 5.78 Å². The van der Waals surface area contributed by atoms with Gasteiger partial charge in [0.15, 0.2) is 0 Å². The number of anilines is 2. The molecule has 0 unspecified atom stereocenters. The van der Waals surface area contributed by atoms with Gasteiger partial charge in [-0.2, -0.15) is 0 Å². The largest absolute Gasteiger partial charge is 0.447 e. The summed E-state index contributed by atoms with van der Waals surface area (Å²) < 4.78 is 6.74. The molecule has 0 radical (unpaired) electrons. The zero-order chi connectivity index (χ0) is 22.5. The van der Waals surface area contributed by atoms with E-state index in [0.29, 0.717) is 45.9 Å². The highest BCUT2D eigenvalue weighted by Crippen LogP contribution is 2.30. The van der Waals surface area contributed by atoms with E-state index in [4.69, 9.17) is 16.3 Å². The van der Waals surface area contributed by atoms with E-state index in [1.165, 1.54) is 6.20 Å². The van der Waals surface area contributed by atoms with Crippen molar-refractivity contribution < 1.29 is 14.3 Å². The predicted octanol–water partition coefficient (Wildman–Crippen LogP) is 4.78. The van der Waals surface area contributed by atoms with Crippen LogP contribution < -0.4 is 16.0 Å². The molecule has 3 N–H and O–H groups in total. The van der Waals surface area contributed by atoms with Crippen LogP contribution in [0.4, 0.5) is 21.0 Å². The number of benzene rings is 1. The average Bonchev–Trinajstić information content (AvgIpc) is 3.10. The molecule has 3 amide bonds. The molecule has 0 bridgehead atoms. The summed E-state index contributed by atoms with van der Waals surface area (Å²) >= 11 is 6.37. The van der Waals surface area contributed by atoms with Gasteiger partial charge in [-0.15, -0.1) is 0 Å². The maximum absolute atomic E-state index is 12.1. The van der Waals surface area contributed by atoms with Gasteiger partial charge in [0.1, 0.15) is 0 Å². The number of amides is 3. The Hall–Kier alpha value is -3.33. The SMILES string of the molecule is CC(C)CNC(=O)Nc1ccc(Cl)c(-c2cn3cc(NC(=O)OC(C)C)cnc3n2)c1. The molecular weight excluding hydrogens is 420 g/mol. The number of nitrogens with zero attached hydrogens (tertiary/aromatic N) is 3. The van der Waals surface area contributed by atoms with Gasteiger partial charge < -0.3 is 15.4 Å². The Morgan fingerprint density at radius 1 is 1.13 bits per heavy atom. The van der Waals surface area contributed by atoms with Crippen molar-refractivity contribution in [3.63, 3.8) is 0 Å². The van der Waals surface area contributed by atoms with Gasteiger partial charge in [-0.05, 0) is 38.0 Å². The summed E-state index contributed by atoms with van der Waals surface area (Å²) in [5.41, 5.74) is 2.27. The molecule has 0 aliphatic rings. The molecule has 2 heterocycles. The Bertz CT molecular complexity index is 1100. The summed E-state index contributed by atoms with van der Waals surface area (Å²) in [4.78, 5) is 32.6. The summed E-state index contributed by atoms with van der Waals surface area (Å²) in [6, 6.07) is 4.87. The second kappa shape index (κ2) is 9.65. The second-order valence-corrected chi connectivity index (χ2v) is 8.09. The minimum Gasteiger partial charge on any atom is -0.447 e. The normalized spacial score (nSPS) is 11.1. The average molecular weight is 445 g/mol. The molecule has 10 heteroatoms. The third kappa shape index (κ3) is 6.08. The molecule has 31 heavy (non-hydrogen) atoms. The molecule has 0 saturated carbocycles. The van der Waals surface area contributed by atoms with Crippen molar-refractivity contribution in [3.8, 4) is 11.3 Å². The van der Waals surface area contributed by atoms with Crippen molar-refractivity contribution in [2.24, 2.45) is 5.92 Å². The van der Waals surface area contributed by atoms with Gasteiger partial charge in [-0.25, -0.2) is 19.6 Å². The zero-order valence-electron chi connectivity index (χ0n) is 17.8. The Morgan fingerprint density at radius 2 is 1.90 bits per heavy atom. The van der Waals surface area contributed by atoms with Gasteiger partial charge in [0.05, 0.1) is 28.7 Å². The lowest BCUT2D eigenvalue weighted by molar-refractivity contribution is 0.130. The Balaban J connectivity index is 1.81.